The van der Waals surface area contributed by atoms with Gasteiger partial charge in [-0.3, -0.25) is 9.78 Å². The third-order valence-electron chi connectivity index (χ3n) is 7.20. The normalized spacial score (nSPS) is 11.9. The van der Waals surface area contributed by atoms with Crippen LogP contribution in [-0.2, 0) is 28.1 Å². The molecule has 198 valence electrons. The van der Waals surface area contributed by atoms with Gasteiger partial charge in [0, 0.05) is 29.3 Å². The van der Waals surface area contributed by atoms with Gasteiger partial charge in [-0.15, -0.1) is 0 Å². The molecular weight excluding hydrogens is 464 g/mol. The first kappa shape index (κ1) is 28.2. The van der Waals surface area contributed by atoms with Gasteiger partial charge < -0.3 is 14.0 Å². The number of ether oxygens (including phenoxy) is 2. The Labute approximate surface area is 221 Å². The molecule has 0 aliphatic rings. The van der Waals surface area contributed by atoms with Gasteiger partial charge in [0.15, 0.2) is 5.78 Å². The average molecular weight is 505 g/mol. The Bertz CT molecular complexity index is 1220. The number of carbonyl (C=O) groups excluding carboxylic acids is 2. The number of ketones is 1. The third-order valence-corrected chi connectivity index (χ3v) is 7.20. The summed E-state index contributed by atoms with van der Waals surface area (Å²) in [5, 5.41) is 0. The molecule has 6 heteroatoms. The summed E-state index contributed by atoms with van der Waals surface area (Å²) in [5.41, 5.74) is 3.75. The van der Waals surface area contributed by atoms with Crippen molar-refractivity contribution in [2.45, 2.75) is 79.9 Å². The maximum absolute atomic E-state index is 13.0. The van der Waals surface area contributed by atoms with Gasteiger partial charge in [-0.25, -0.2) is 4.79 Å². The number of rotatable bonds is 11. The van der Waals surface area contributed by atoms with Crippen LogP contribution in [0.3, 0.4) is 0 Å². The predicted molar refractivity (Wildman–Crippen MR) is 146 cm³/mol. The van der Waals surface area contributed by atoms with Crippen molar-refractivity contribution in [2.75, 3.05) is 6.61 Å². The Morgan fingerprint density at radius 3 is 2.27 bits per heavy atom. The minimum atomic E-state index is -0.435. The second-order valence-corrected chi connectivity index (χ2v) is 10.5. The maximum Gasteiger partial charge on any atom is 0.355 e. The maximum atomic E-state index is 13.0. The van der Waals surface area contributed by atoms with E-state index >= 15 is 0 Å². The van der Waals surface area contributed by atoms with Crippen LogP contribution in [0.15, 0.2) is 54.7 Å². The Morgan fingerprint density at radius 2 is 1.70 bits per heavy atom. The minimum Gasteiger partial charge on any atom is -0.486 e. The van der Waals surface area contributed by atoms with E-state index in [2.05, 4.69) is 41.6 Å². The summed E-state index contributed by atoms with van der Waals surface area (Å²) >= 11 is 0. The van der Waals surface area contributed by atoms with Gasteiger partial charge in [-0.05, 0) is 68.1 Å². The fourth-order valence-electron chi connectivity index (χ4n) is 4.74. The van der Waals surface area contributed by atoms with Crippen molar-refractivity contribution in [2.24, 2.45) is 5.41 Å². The second-order valence-electron chi connectivity index (χ2n) is 10.5. The molecule has 2 heterocycles. The van der Waals surface area contributed by atoms with E-state index in [1.54, 1.807) is 6.20 Å². The van der Waals surface area contributed by atoms with Gasteiger partial charge in [-0.1, -0.05) is 52.8 Å². The molecule has 3 rings (SSSR count). The quantitative estimate of drug-likeness (QED) is 0.273. The van der Waals surface area contributed by atoms with Gasteiger partial charge >= 0.3 is 5.97 Å². The number of aromatic nitrogens is 2. The molecule has 0 amide bonds. The SMILES string of the molecule is CCn1c(C(=O)OCc2ccccn2)ccc1C(CC)(CC)c1ccc(OCC(=O)C(C)(C)C)c(C)c1. The van der Waals surface area contributed by atoms with E-state index in [0.717, 1.165) is 29.7 Å². The van der Waals surface area contributed by atoms with E-state index in [4.69, 9.17) is 9.47 Å². The van der Waals surface area contributed by atoms with E-state index in [-0.39, 0.29) is 30.4 Å². The molecule has 3 aromatic rings. The molecule has 0 radical (unpaired) electrons. The van der Waals surface area contributed by atoms with Gasteiger partial charge in [0.2, 0.25) is 0 Å². The molecule has 37 heavy (non-hydrogen) atoms. The third kappa shape index (κ3) is 6.12. The summed E-state index contributed by atoms with van der Waals surface area (Å²) in [6.45, 7) is 14.9. The molecule has 0 saturated heterocycles. The first-order chi connectivity index (χ1) is 17.6. The second kappa shape index (κ2) is 11.8. The Morgan fingerprint density at radius 1 is 0.973 bits per heavy atom. The Kier molecular flexibility index (Phi) is 8.95. The first-order valence-electron chi connectivity index (χ1n) is 13.1. The standard InChI is InChI=1S/C31H40N2O4/c1-8-31(9-2,23-14-16-26(22(4)19-23)36-21-28(34)30(5,6)7)27-17-15-25(33(27)10-3)29(35)37-20-24-13-11-12-18-32-24/h11-19H,8-10,20-21H2,1-7H3. The van der Waals surface area contributed by atoms with Crippen LogP contribution < -0.4 is 4.74 Å². The molecule has 2 aromatic heterocycles. The van der Waals surface area contributed by atoms with Crippen LogP contribution in [-0.4, -0.2) is 27.9 Å². The van der Waals surface area contributed by atoms with Crippen LogP contribution in [0.1, 0.15) is 87.4 Å². The molecule has 0 unspecified atom stereocenters. The highest BCUT2D eigenvalue weighted by Crippen LogP contribution is 2.41. The topological polar surface area (TPSA) is 70.4 Å². The number of benzene rings is 1. The van der Waals surface area contributed by atoms with E-state index in [1.807, 2.05) is 65.0 Å². The van der Waals surface area contributed by atoms with Crippen molar-refractivity contribution in [1.82, 2.24) is 9.55 Å². The van der Waals surface area contributed by atoms with Gasteiger partial charge in [0.05, 0.1) is 5.69 Å². The lowest BCUT2D eigenvalue weighted by atomic mass is 9.72. The molecule has 0 spiro atoms. The molecule has 0 aliphatic heterocycles. The lowest BCUT2D eigenvalue weighted by molar-refractivity contribution is -0.128. The van der Waals surface area contributed by atoms with Crippen LogP contribution >= 0.6 is 0 Å². The summed E-state index contributed by atoms with van der Waals surface area (Å²) in [7, 11) is 0. The molecule has 1 aromatic carbocycles. The summed E-state index contributed by atoms with van der Waals surface area (Å²) < 4.78 is 13.5. The fourth-order valence-corrected chi connectivity index (χ4v) is 4.74. The smallest absolute Gasteiger partial charge is 0.355 e. The largest absolute Gasteiger partial charge is 0.486 e. The van der Waals surface area contributed by atoms with Crippen LogP contribution in [0.25, 0.3) is 0 Å². The van der Waals surface area contributed by atoms with Gasteiger partial charge in [0.25, 0.3) is 0 Å². The van der Waals surface area contributed by atoms with Crippen LogP contribution in [0, 0.1) is 12.3 Å². The number of pyridine rings is 1. The zero-order chi connectivity index (χ0) is 27.2. The van der Waals surface area contributed by atoms with Crippen molar-refractivity contribution in [3.8, 4) is 5.75 Å². The van der Waals surface area contributed by atoms with E-state index < -0.39 is 5.41 Å². The van der Waals surface area contributed by atoms with Crippen molar-refractivity contribution in [3.05, 3.63) is 82.9 Å². The lowest BCUT2D eigenvalue weighted by Crippen LogP contribution is -2.30. The zero-order valence-corrected chi connectivity index (χ0v) is 23.3. The highest BCUT2D eigenvalue weighted by Gasteiger charge is 2.35. The molecule has 0 saturated carbocycles. The molecule has 0 N–H and O–H groups in total. The Hall–Kier alpha value is -3.41. The number of esters is 1. The predicted octanol–water partition coefficient (Wildman–Crippen LogP) is 6.67. The van der Waals surface area contributed by atoms with Crippen molar-refractivity contribution in [3.63, 3.8) is 0 Å². The number of hydrogen-bond acceptors (Lipinski definition) is 5. The molecule has 0 atom stereocenters. The average Bonchev–Trinajstić information content (AvgIpc) is 3.32. The van der Waals surface area contributed by atoms with Gasteiger partial charge in [-0.2, -0.15) is 0 Å². The van der Waals surface area contributed by atoms with Crippen LogP contribution in [0.4, 0.5) is 0 Å². The number of aryl methyl sites for hydroxylation is 1. The summed E-state index contributed by atoms with van der Waals surface area (Å²) in [5.74, 6) is 0.422. The van der Waals surface area contributed by atoms with Crippen molar-refractivity contribution >= 4 is 11.8 Å². The number of hydrogen-bond donors (Lipinski definition) is 0. The monoisotopic (exact) mass is 504 g/mol. The molecule has 6 nitrogen and oxygen atoms in total. The van der Waals surface area contributed by atoms with Crippen LogP contribution in [0.5, 0.6) is 5.75 Å². The molecular formula is C31H40N2O4. The van der Waals surface area contributed by atoms with Crippen molar-refractivity contribution in [1.29, 1.82) is 0 Å². The van der Waals surface area contributed by atoms with Crippen LogP contribution in [0.2, 0.25) is 0 Å². The van der Waals surface area contributed by atoms with Crippen molar-refractivity contribution < 1.29 is 19.1 Å². The highest BCUT2D eigenvalue weighted by atomic mass is 16.5. The first-order valence-corrected chi connectivity index (χ1v) is 13.1. The number of nitrogens with zero attached hydrogens (tertiary/aromatic N) is 2. The highest BCUT2D eigenvalue weighted by molar-refractivity contribution is 5.88. The molecule has 0 bridgehead atoms. The number of Topliss-reactive ketones (excluding diaryl/α,β-unsaturated/α-hetero) is 1. The summed E-state index contributed by atoms with van der Waals surface area (Å²) in [6, 6.07) is 15.7. The fraction of sp³-hybridized carbons (Fsp3) is 0.452. The number of carbonyl (C=O) groups is 2. The Balaban J connectivity index is 1.90. The molecule has 0 fully saturated rings. The summed E-state index contributed by atoms with van der Waals surface area (Å²) in [4.78, 5) is 29.6. The molecule has 0 aliphatic carbocycles. The van der Waals surface area contributed by atoms with E-state index in [1.165, 1.54) is 0 Å². The lowest BCUT2D eigenvalue weighted by Gasteiger charge is -2.34. The van der Waals surface area contributed by atoms with Gasteiger partial charge in [0.1, 0.15) is 24.7 Å². The minimum absolute atomic E-state index is 0.0546. The van der Waals surface area contributed by atoms with E-state index in [0.29, 0.717) is 23.7 Å². The zero-order valence-electron chi connectivity index (χ0n) is 23.3. The van der Waals surface area contributed by atoms with E-state index in [9.17, 15) is 9.59 Å². The summed E-state index contributed by atoms with van der Waals surface area (Å²) in [6.07, 6.45) is 3.41.